The molecule has 27 heavy (non-hydrogen) atoms. The molecule has 0 aromatic heterocycles. The highest BCUT2D eigenvalue weighted by Crippen LogP contribution is 2.46. The van der Waals surface area contributed by atoms with Crippen molar-refractivity contribution in [3.8, 4) is 0 Å². The number of nitrogens with zero attached hydrogens (tertiary/aromatic N) is 2. The van der Waals surface area contributed by atoms with Crippen LogP contribution in [0, 0.1) is 5.92 Å². The predicted molar refractivity (Wildman–Crippen MR) is 97.7 cm³/mol. The molecule has 0 radical (unpaired) electrons. The van der Waals surface area contributed by atoms with E-state index >= 15 is 0 Å². The van der Waals surface area contributed by atoms with Crippen LogP contribution >= 0.6 is 0 Å². The molecule has 0 spiro atoms. The number of carbonyl (C=O) groups excluding carboxylic acids is 3. The minimum atomic E-state index is -1.07. The van der Waals surface area contributed by atoms with Crippen LogP contribution in [0.5, 0.6) is 0 Å². The summed E-state index contributed by atoms with van der Waals surface area (Å²) in [6, 6.07) is -1.21. The first-order valence-corrected chi connectivity index (χ1v) is 9.74. The molecule has 0 bridgehead atoms. The van der Waals surface area contributed by atoms with Crippen molar-refractivity contribution in [2.24, 2.45) is 5.92 Å². The van der Waals surface area contributed by atoms with Gasteiger partial charge in [-0.2, -0.15) is 0 Å². The SMILES string of the molecule is CCOC(=O)[C@@]12C[C@H]1C=CCCCCN(C)C(=O)[C@@H]1C[C@@H](O)CN1C(=O)N2. The number of carbonyl (C=O) groups is 3. The molecule has 0 aromatic rings. The van der Waals surface area contributed by atoms with Crippen molar-refractivity contribution in [3.05, 3.63) is 12.2 Å². The van der Waals surface area contributed by atoms with Crippen LogP contribution in [0.4, 0.5) is 4.79 Å². The van der Waals surface area contributed by atoms with Gasteiger partial charge in [-0.1, -0.05) is 12.2 Å². The molecule has 0 aromatic carbocycles. The first kappa shape index (κ1) is 19.7. The Morgan fingerprint density at radius 1 is 1.41 bits per heavy atom. The van der Waals surface area contributed by atoms with E-state index in [4.69, 9.17) is 4.74 Å². The lowest BCUT2D eigenvalue weighted by atomic mass is 10.1. The van der Waals surface area contributed by atoms with Gasteiger partial charge in [0.15, 0.2) is 0 Å². The fourth-order valence-electron chi connectivity index (χ4n) is 3.98. The number of ether oxygens (including phenoxy) is 1. The molecule has 1 saturated heterocycles. The standard InChI is InChI=1S/C19H29N3O5/c1-3-27-17(25)19-11-13(19)8-6-4-5-7-9-21(2)16(24)15-10-14(23)12-22(15)18(26)20-19/h6,8,13-15,23H,3-5,7,9-12H2,1-2H3,(H,20,26)/t13-,14-,15+,19-/m1/s1. The Balaban J connectivity index is 1.85. The zero-order chi connectivity index (χ0) is 19.6. The van der Waals surface area contributed by atoms with Crippen molar-refractivity contribution < 1.29 is 24.2 Å². The fraction of sp³-hybridized carbons (Fsp3) is 0.737. The highest BCUT2D eigenvalue weighted by molar-refractivity contribution is 5.93. The maximum atomic E-state index is 12.9. The molecule has 1 aliphatic carbocycles. The highest BCUT2D eigenvalue weighted by atomic mass is 16.5. The van der Waals surface area contributed by atoms with Crippen molar-refractivity contribution in [3.63, 3.8) is 0 Å². The summed E-state index contributed by atoms with van der Waals surface area (Å²) in [5.41, 5.74) is -1.07. The second kappa shape index (κ2) is 7.88. The van der Waals surface area contributed by atoms with Crippen LogP contribution < -0.4 is 5.32 Å². The summed E-state index contributed by atoms with van der Waals surface area (Å²) < 4.78 is 5.18. The van der Waals surface area contributed by atoms with Crippen molar-refractivity contribution in [1.29, 1.82) is 0 Å². The molecule has 3 aliphatic rings. The lowest BCUT2D eigenvalue weighted by Gasteiger charge is -2.29. The number of allylic oxidation sites excluding steroid dienone is 1. The Morgan fingerprint density at radius 3 is 2.93 bits per heavy atom. The van der Waals surface area contributed by atoms with Crippen LogP contribution in [0.3, 0.4) is 0 Å². The molecular weight excluding hydrogens is 350 g/mol. The number of hydrogen-bond acceptors (Lipinski definition) is 5. The van der Waals surface area contributed by atoms with E-state index in [0.717, 1.165) is 19.3 Å². The molecule has 2 aliphatic heterocycles. The molecule has 2 heterocycles. The highest BCUT2D eigenvalue weighted by Gasteiger charge is 2.62. The van der Waals surface area contributed by atoms with Gasteiger partial charge in [0, 0.05) is 32.5 Å². The largest absolute Gasteiger partial charge is 0.464 e. The van der Waals surface area contributed by atoms with Gasteiger partial charge in [-0.25, -0.2) is 9.59 Å². The number of urea groups is 1. The quantitative estimate of drug-likeness (QED) is 0.542. The molecule has 4 atom stereocenters. The Hall–Kier alpha value is -2.09. The second-order valence-corrected chi connectivity index (χ2v) is 7.67. The molecule has 150 valence electrons. The number of fused-ring (bicyclic) bond motifs is 2. The molecule has 3 rings (SSSR count). The molecule has 2 fully saturated rings. The third-order valence-corrected chi connectivity index (χ3v) is 5.67. The molecular formula is C19H29N3O5. The van der Waals surface area contributed by atoms with Crippen molar-refractivity contribution in [2.75, 3.05) is 26.7 Å². The zero-order valence-electron chi connectivity index (χ0n) is 16.0. The third-order valence-electron chi connectivity index (χ3n) is 5.67. The van der Waals surface area contributed by atoms with Gasteiger partial charge in [0.05, 0.1) is 12.7 Å². The third kappa shape index (κ3) is 3.95. The summed E-state index contributed by atoms with van der Waals surface area (Å²) in [5, 5.41) is 12.9. The van der Waals surface area contributed by atoms with Crippen molar-refractivity contribution in [2.45, 2.75) is 56.7 Å². The van der Waals surface area contributed by atoms with Gasteiger partial charge in [0.1, 0.15) is 11.6 Å². The monoisotopic (exact) mass is 379 g/mol. The molecule has 8 heteroatoms. The first-order chi connectivity index (χ1) is 12.9. The van der Waals surface area contributed by atoms with Gasteiger partial charge < -0.3 is 25.0 Å². The fourth-order valence-corrected chi connectivity index (χ4v) is 3.98. The van der Waals surface area contributed by atoms with E-state index in [0.29, 0.717) is 13.0 Å². The average Bonchev–Trinajstić information content (AvgIpc) is 3.18. The number of esters is 1. The Morgan fingerprint density at radius 2 is 2.19 bits per heavy atom. The summed E-state index contributed by atoms with van der Waals surface area (Å²) in [4.78, 5) is 41.2. The number of hydrogen-bond donors (Lipinski definition) is 2. The number of nitrogens with one attached hydrogen (secondary N) is 1. The van der Waals surface area contributed by atoms with E-state index in [-0.39, 0.29) is 31.4 Å². The van der Waals surface area contributed by atoms with Gasteiger partial charge in [-0.05, 0) is 32.6 Å². The van der Waals surface area contributed by atoms with Gasteiger partial charge >= 0.3 is 12.0 Å². The Kier molecular flexibility index (Phi) is 5.74. The van der Waals surface area contributed by atoms with Crippen molar-refractivity contribution >= 4 is 17.9 Å². The van der Waals surface area contributed by atoms with Gasteiger partial charge in [0.2, 0.25) is 5.91 Å². The summed E-state index contributed by atoms with van der Waals surface area (Å²) in [7, 11) is 1.72. The van der Waals surface area contributed by atoms with E-state index < -0.39 is 29.7 Å². The summed E-state index contributed by atoms with van der Waals surface area (Å²) in [6.07, 6.45) is 6.64. The summed E-state index contributed by atoms with van der Waals surface area (Å²) in [5.74, 6) is -0.723. The summed E-state index contributed by atoms with van der Waals surface area (Å²) >= 11 is 0. The van der Waals surface area contributed by atoms with E-state index in [9.17, 15) is 19.5 Å². The zero-order valence-corrected chi connectivity index (χ0v) is 16.0. The minimum Gasteiger partial charge on any atom is -0.464 e. The lowest BCUT2D eigenvalue weighted by molar-refractivity contribution is -0.147. The normalized spacial score (nSPS) is 34.4. The number of aliphatic hydroxyl groups excluding tert-OH is 1. The van der Waals surface area contributed by atoms with E-state index in [2.05, 4.69) is 5.32 Å². The molecule has 2 N–H and O–H groups in total. The Bertz CT molecular complexity index is 637. The van der Waals surface area contributed by atoms with Crippen LogP contribution in [-0.2, 0) is 14.3 Å². The van der Waals surface area contributed by atoms with E-state index in [1.165, 1.54) is 4.90 Å². The van der Waals surface area contributed by atoms with E-state index in [1.54, 1.807) is 18.9 Å². The number of rotatable bonds is 2. The molecule has 3 amide bonds. The number of likely N-dealkylation sites (N-methyl/N-ethyl adjacent to an activating group) is 1. The molecule has 0 unspecified atom stereocenters. The minimum absolute atomic E-state index is 0.0789. The number of aliphatic hydroxyl groups is 1. The van der Waals surface area contributed by atoms with Crippen LogP contribution in [0.25, 0.3) is 0 Å². The van der Waals surface area contributed by atoms with Crippen LogP contribution in [0.15, 0.2) is 12.2 Å². The predicted octanol–water partition coefficient (Wildman–Crippen LogP) is 0.652. The van der Waals surface area contributed by atoms with Crippen LogP contribution in [0.2, 0.25) is 0 Å². The molecule has 8 nitrogen and oxygen atoms in total. The smallest absolute Gasteiger partial charge is 0.332 e. The van der Waals surface area contributed by atoms with Crippen molar-refractivity contribution in [1.82, 2.24) is 15.1 Å². The van der Waals surface area contributed by atoms with Crippen LogP contribution in [0.1, 0.15) is 39.0 Å². The maximum absolute atomic E-state index is 12.9. The Labute approximate surface area is 159 Å². The topological polar surface area (TPSA) is 99.2 Å². The summed E-state index contributed by atoms with van der Waals surface area (Å²) in [6.45, 7) is 2.66. The van der Waals surface area contributed by atoms with Gasteiger partial charge in [-0.15, -0.1) is 0 Å². The molecule has 1 saturated carbocycles. The first-order valence-electron chi connectivity index (χ1n) is 9.74. The van der Waals surface area contributed by atoms with Gasteiger partial charge in [-0.3, -0.25) is 4.79 Å². The average molecular weight is 379 g/mol. The second-order valence-electron chi connectivity index (χ2n) is 7.67. The lowest BCUT2D eigenvalue weighted by Crippen LogP contribution is -2.55. The van der Waals surface area contributed by atoms with Gasteiger partial charge in [0.25, 0.3) is 0 Å². The number of amides is 3. The van der Waals surface area contributed by atoms with E-state index in [1.807, 2.05) is 12.2 Å². The van der Waals surface area contributed by atoms with Crippen LogP contribution in [-0.4, -0.2) is 77.2 Å². The maximum Gasteiger partial charge on any atom is 0.332 e.